The zero-order chi connectivity index (χ0) is 13.4. The quantitative estimate of drug-likeness (QED) is 0.596. The molecule has 100 valence electrons. The van der Waals surface area contributed by atoms with Crippen molar-refractivity contribution in [1.29, 1.82) is 0 Å². The van der Waals surface area contributed by atoms with Gasteiger partial charge in [0.2, 0.25) is 0 Å². The summed E-state index contributed by atoms with van der Waals surface area (Å²) in [5.74, 6) is -0.0570. The van der Waals surface area contributed by atoms with Gasteiger partial charge in [0.15, 0.2) is 0 Å². The number of nitrogens with one attached hydrogen (secondary N) is 1. The summed E-state index contributed by atoms with van der Waals surface area (Å²) in [5, 5.41) is 2.83. The predicted molar refractivity (Wildman–Crippen MR) is 78.9 cm³/mol. The summed E-state index contributed by atoms with van der Waals surface area (Å²) in [5.41, 5.74) is 1.83. The number of rotatable bonds is 7. The molecule has 0 unspecified atom stereocenters. The van der Waals surface area contributed by atoms with E-state index in [2.05, 4.69) is 27.9 Å². The summed E-state index contributed by atoms with van der Waals surface area (Å²) >= 11 is 2.19. The first kappa shape index (κ1) is 15.4. The second-order valence-electron chi connectivity index (χ2n) is 3.80. The van der Waals surface area contributed by atoms with Gasteiger partial charge in [0.05, 0.1) is 25.4 Å². The monoisotopic (exact) mass is 363 g/mol. The second kappa shape index (κ2) is 8.44. The number of carbonyl (C=O) groups is 1. The van der Waals surface area contributed by atoms with Gasteiger partial charge in [0.1, 0.15) is 0 Å². The Balaban J connectivity index is 2.35. The first-order valence-electron chi connectivity index (χ1n) is 5.76. The Kier molecular flexibility index (Phi) is 7.22. The van der Waals surface area contributed by atoms with Crippen LogP contribution in [0.3, 0.4) is 0 Å². The lowest BCUT2D eigenvalue weighted by molar-refractivity contribution is 0.0692. The molecule has 4 nitrogen and oxygen atoms in total. The third-order valence-corrected chi connectivity index (χ3v) is 3.83. The fraction of sp³-hybridized carbons (Fsp3) is 0.462. The number of hydrogen-bond donors (Lipinski definition) is 1. The van der Waals surface area contributed by atoms with Crippen molar-refractivity contribution in [3.05, 3.63) is 32.9 Å². The van der Waals surface area contributed by atoms with Gasteiger partial charge in [-0.1, -0.05) is 12.1 Å². The van der Waals surface area contributed by atoms with Crippen molar-refractivity contribution in [2.24, 2.45) is 0 Å². The van der Waals surface area contributed by atoms with E-state index in [1.807, 2.05) is 25.1 Å². The average molecular weight is 363 g/mol. The predicted octanol–water partition coefficient (Wildman–Crippen LogP) is 1.99. The van der Waals surface area contributed by atoms with Crippen molar-refractivity contribution < 1.29 is 14.3 Å². The molecule has 0 bridgehead atoms. The Labute approximate surface area is 121 Å². The summed E-state index contributed by atoms with van der Waals surface area (Å²) in [4.78, 5) is 11.9. The first-order valence-corrected chi connectivity index (χ1v) is 6.84. The standard InChI is InChI=1S/C13H18INO3/c1-10-4-3-5-11(12(10)14)13(16)15-6-7-18-9-8-17-2/h3-5H,6-9H2,1-2H3,(H,15,16). The molecule has 0 radical (unpaired) electrons. The van der Waals surface area contributed by atoms with Crippen LogP contribution in [-0.2, 0) is 9.47 Å². The molecular formula is C13H18INO3. The second-order valence-corrected chi connectivity index (χ2v) is 4.88. The van der Waals surface area contributed by atoms with Crippen LogP contribution in [0.2, 0.25) is 0 Å². The third kappa shape index (κ3) is 4.91. The van der Waals surface area contributed by atoms with E-state index in [9.17, 15) is 4.79 Å². The van der Waals surface area contributed by atoms with Crippen LogP contribution < -0.4 is 5.32 Å². The van der Waals surface area contributed by atoms with Crippen molar-refractivity contribution in [3.8, 4) is 0 Å². The molecule has 1 N–H and O–H groups in total. The fourth-order valence-electron chi connectivity index (χ4n) is 1.40. The Bertz CT molecular complexity index is 396. The lowest BCUT2D eigenvalue weighted by Crippen LogP contribution is -2.28. The summed E-state index contributed by atoms with van der Waals surface area (Å²) < 4.78 is 11.1. The lowest BCUT2D eigenvalue weighted by atomic mass is 10.1. The van der Waals surface area contributed by atoms with Gasteiger partial charge >= 0.3 is 0 Å². The van der Waals surface area contributed by atoms with E-state index in [4.69, 9.17) is 9.47 Å². The van der Waals surface area contributed by atoms with Crippen molar-refractivity contribution in [2.45, 2.75) is 6.92 Å². The minimum absolute atomic E-state index is 0.0570. The van der Waals surface area contributed by atoms with Crippen molar-refractivity contribution >= 4 is 28.5 Å². The van der Waals surface area contributed by atoms with Crippen LogP contribution in [-0.4, -0.2) is 39.4 Å². The van der Waals surface area contributed by atoms with E-state index in [1.54, 1.807) is 7.11 Å². The Hall–Kier alpha value is -0.660. The molecule has 0 heterocycles. The van der Waals surface area contributed by atoms with Crippen LogP contribution in [0.5, 0.6) is 0 Å². The van der Waals surface area contributed by atoms with Crippen LogP contribution in [0.25, 0.3) is 0 Å². The van der Waals surface area contributed by atoms with Crippen LogP contribution in [0.15, 0.2) is 18.2 Å². The summed E-state index contributed by atoms with van der Waals surface area (Å²) in [6.45, 7) is 4.12. The number of carbonyl (C=O) groups excluding carboxylic acids is 1. The molecule has 1 amide bonds. The maximum absolute atomic E-state index is 11.9. The summed E-state index contributed by atoms with van der Waals surface area (Å²) in [7, 11) is 1.63. The smallest absolute Gasteiger partial charge is 0.252 e. The van der Waals surface area contributed by atoms with Crippen LogP contribution >= 0.6 is 22.6 Å². The molecule has 0 aromatic heterocycles. The maximum Gasteiger partial charge on any atom is 0.252 e. The van der Waals surface area contributed by atoms with Crippen LogP contribution in [0.4, 0.5) is 0 Å². The molecule has 0 saturated carbocycles. The molecule has 5 heteroatoms. The van der Waals surface area contributed by atoms with Gasteiger partial charge in [0, 0.05) is 17.2 Å². The highest BCUT2D eigenvalue weighted by Crippen LogP contribution is 2.16. The minimum Gasteiger partial charge on any atom is -0.382 e. The van der Waals surface area contributed by atoms with Crippen molar-refractivity contribution in [1.82, 2.24) is 5.32 Å². The number of ether oxygens (including phenoxy) is 2. The Morgan fingerprint density at radius 2 is 2.11 bits per heavy atom. The summed E-state index contributed by atoms with van der Waals surface area (Å²) in [6.07, 6.45) is 0. The number of benzene rings is 1. The highest BCUT2D eigenvalue weighted by atomic mass is 127. The fourth-order valence-corrected chi connectivity index (χ4v) is 2.00. The van der Waals surface area contributed by atoms with E-state index in [0.29, 0.717) is 31.9 Å². The van der Waals surface area contributed by atoms with Gasteiger partial charge in [-0.25, -0.2) is 0 Å². The molecular weight excluding hydrogens is 345 g/mol. The number of halogens is 1. The van der Waals surface area contributed by atoms with E-state index in [-0.39, 0.29) is 5.91 Å². The highest BCUT2D eigenvalue weighted by molar-refractivity contribution is 14.1. The van der Waals surface area contributed by atoms with Crippen LogP contribution in [0.1, 0.15) is 15.9 Å². The van der Waals surface area contributed by atoms with E-state index >= 15 is 0 Å². The van der Waals surface area contributed by atoms with E-state index < -0.39 is 0 Å². The lowest BCUT2D eigenvalue weighted by Gasteiger charge is -2.08. The number of amides is 1. The molecule has 1 aromatic carbocycles. The molecule has 0 atom stereocenters. The zero-order valence-corrected chi connectivity index (χ0v) is 12.8. The number of aryl methyl sites for hydroxylation is 1. The average Bonchev–Trinajstić information content (AvgIpc) is 2.36. The number of methoxy groups -OCH3 is 1. The maximum atomic E-state index is 11.9. The molecule has 0 spiro atoms. The molecule has 1 aromatic rings. The zero-order valence-electron chi connectivity index (χ0n) is 10.7. The van der Waals surface area contributed by atoms with Gasteiger partial charge in [-0.2, -0.15) is 0 Å². The topological polar surface area (TPSA) is 47.6 Å². The first-order chi connectivity index (χ1) is 8.66. The van der Waals surface area contributed by atoms with Crippen LogP contribution in [0, 0.1) is 10.5 Å². The van der Waals surface area contributed by atoms with Gasteiger partial charge in [0.25, 0.3) is 5.91 Å². The third-order valence-electron chi connectivity index (χ3n) is 2.40. The van der Waals surface area contributed by atoms with Gasteiger partial charge < -0.3 is 14.8 Å². The normalized spacial score (nSPS) is 10.4. The van der Waals surface area contributed by atoms with E-state index in [0.717, 1.165) is 9.13 Å². The van der Waals surface area contributed by atoms with Crippen molar-refractivity contribution in [3.63, 3.8) is 0 Å². The summed E-state index contributed by atoms with van der Waals surface area (Å²) in [6, 6.07) is 5.71. The van der Waals surface area contributed by atoms with E-state index in [1.165, 1.54) is 0 Å². The van der Waals surface area contributed by atoms with Gasteiger partial charge in [-0.15, -0.1) is 0 Å². The molecule has 0 aliphatic heterocycles. The van der Waals surface area contributed by atoms with Crippen molar-refractivity contribution in [2.75, 3.05) is 33.5 Å². The number of hydrogen-bond acceptors (Lipinski definition) is 3. The largest absolute Gasteiger partial charge is 0.382 e. The van der Waals surface area contributed by atoms with Gasteiger partial charge in [-0.05, 0) is 41.1 Å². The minimum atomic E-state index is -0.0570. The molecule has 0 aliphatic rings. The molecule has 18 heavy (non-hydrogen) atoms. The molecule has 0 saturated heterocycles. The van der Waals surface area contributed by atoms with Gasteiger partial charge in [-0.3, -0.25) is 4.79 Å². The molecule has 1 rings (SSSR count). The Morgan fingerprint density at radius 3 is 2.83 bits per heavy atom. The molecule has 0 aliphatic carbocycles. The highest BCUT2D eigenvalue weighted by Gasteiger charge is 2.10. The molecule has 0 fully saturated rings. The Morgan fingerprint density at radius 1 is 1.33 bits per heavy atom. The SMILES string of the molecule is COCCOCCNC(=O)c1cccc(C)c1I.